The van der Waals surface area contributed by atoms with Gasteiger partial charge in [-0.05, 0) is 32.3 Å². The zero-order valence-corrected chi connectivity index (χ0v) is 11.0. The van der Waals surface area contributed by atoms with E-state index in [9.17, 15) is 5.26 Å². The Balaban J connectivity index is 2.32. The lowest BCUT2D eigenvalue weighted by Crippen LogP contribution is -2.37. The molecule has 1 heterocycles. The third-order valence-electron chi connectivity index (χ3n) is 3.68. The molecule has 94 valence electrons. The van der Waals surface area contributed by atoms with Gasteiger partial charge in [0.2, 0.25) is 0 Å². The summed E-state index contributed by atoms with van der Waals surface area (Å²) in [6.07, 6.45) is 1.67. The van der Waals surface area contributed by atoms with Crippen molar-refractivity contribution in [2.45, 2.75) is 38.4 Å². The minimum atomic E-state index is -0.674. The summed E-state index contributed by atoms with van der Waals surface area (Å²) in [7, 11) is 0. The Bertz CT molecular complexity index is 474. The van der Waals surface area contributed by atoms with Gasteiger partial charge in [0.05, 0.1) is 12.2 Å². The Labute approximate surface area is 109 Å². The van der Waals surface area contributed by atoms with Gasteiger partial charge >= 0.3 is 0 Å². The molecule has 1 aliphatic heterocycles. The van der Waals surface area contributed by atoms with Gasteiger partial charge in [-0.25, -0.2) is 0 Å². The predicted octanol–water partition coefficient (Wildman–Crippen LogP) is 4.01. The van der Waals surface area contributed by atoms with E-state index in [2.05, 4.69) is 24.8 Å². The van der Waals surface area contributed by atoms with Crippen LogP contribution >= 0.6 is 0 Å². The molecule has 0 amide bonds. The van der Waals surface area contributed by atoms with Crippen LogP contribution in [0.3, 0.4) is 0 Å². The van der Waals surface area contributed by atoms with E-state index in [0.29, 0.717) is 5.92 Å². The molecule has 1 aromatic rings. The molecule has 0 bridgehead atoms. The topological polar surface area (TPSA) is 33.0 Å². The second-order valence-corrected chi connectivity index (χ2v) is 5.28. The van der Waals surface area contributed by atoms with E-state index in [4.69, 9.17) is 4.74 Å². The van der Waals surface area contributed by atoms with E-state index in [0.717, 1.165) is 24.0 Å². The molecule has 0 N–H and O–H groups in total. The standard InChI is InChI=1S/C16H19NO/c1-12(2)14-9-10-16(3,11-17)18-15(14)13-7-5-4-6-8-13/h4-8,14-15H,1,9-10H2,2-3H3/t14-,15+,16-/m1/s1. The van der Waals surface area contributed by atoms with Crippen LogP contribution in [0.2, 0.25) is 0 Å². The van der Waals surface area contributed by atoms with Crippen LogP contribution in [0.25, 0.3) is 0 Å². The van der Waals surface area contributed by atoms with Gasteiger partial charge in [-0.15, -0.1) is 0 Å². The molecule has 0 aromatic heterocycles. The molecule has 1 saturated heterocycles. The third kappa shape index (κ3) is 2.47. The van der Waals surface area contributed by atoms with E-state index in [1.807, 2.05) is 32.0 Å². The molecule has 2 nitrogen and oxygen atoms in total. The van der Waals surface area contributed by atoms with Crippen molar-refractivity contribution in [1.82, 2.24) is 0 Å². The molecule has 2 heteroatoms. The zero-order valence-electron chi connectivity index (χ0n) is 11.0. The Morgan fingerprint density at radius 3 is 2.67 bits per heavy atom. The van der Waals surface area contributed by atoms with Crippen molar-refractivity contribution in [1.29, 1.82) is 5.26 Å². The molecule has 0 radical (unpaired) electrons. The van der Waals surface area contributed by atoms with E-state index >= 15 is 0 Å². The minimum absolute atomic E-state index is 0.0536. The lowest BCUT2D eigenvalue weighted by molar-refractivity contribution is -0.108. The van der Waals surface area contributed by atoms with Crippen molar-refractivity contribution >= 4 is 0 Å². The molecule has 0 aliphatic carbocycles. The maximum atomic E-state index is 9.24. The first-order valence-electron chi connectivity index (χ1n) is 6.35. The molecule has 1 aromatic carbocycles. The van der Waals surface area contributed by atoms with Gasteiger partial charge in [-0.1, -0.05) is 42.5 Å². The fourth-order valence-corrected chi connectivity index (χ4v) is 2.53. The van der Waals surface area contributed by atoms with Gasteiger partial charge in [0, 0.05) is 5.92 Å². The highest BCUT2D eigenvalue weighted by Crippen LogP contribution is 2.43. The molecular weight excluding hydrogens is 222 g/mol. The van der Waals surface area contributed by atoms with Crippen molar-refractivity contribution in [3.8, 4) is 6.07 Å². The first-order valence-corrected chi connectivity index (χ1v) is 6.35. The van der Waals surface area contributed by atoms with Gasteiger partial charge in [-0.3, -0.25) is 0 Å². The van der Waals surface area contributed by atoms with Crippen LogP contribution in [0.5, 0.6) is 0 Å². The minimum Gasteiger partial charge on any atom is -0.352 e. The number of ether oxygens (including phenoxy) is 1. The van der Waals surface area contributed by atoms with Crippen LogP contribution in [0, 0.1) is 17.2 Å². The van der Waals surface area contributed by atoms with E-state index < -0.39 is 5.60 Å². The van der Waals surface area contributed by atoms with Crippen LogP contribution in [0.15, 0.2) is 42.5 Å². The zero-order chi connectivity index (χ0) is 13.2. The molecule has 1 fully saturated rings. The third-order valence-corrected chi connectivity index (χ3v) is 3.68. The summed E-state index contributed by atoms with van der Waals surface area (Å²) in [5.41, 5.74) is 1.59. The molecule has 3 atom stereocenters. The fourth-order valence-electron chi connectivity index (χ4n) is 2.53. The van der Waals surface area contributed by atoms with Crippen molar-refractivity contribution in [2.75, 3.05) is 0 Å². The molecule has 0 saturated carbocycles. The summed E-state index contributed by atoms with van der Waals surface area (Å²) >= 11 is 0. The fraction of sp³-hybridized carbons (Fsp3) is 0.438. The number of nitrogens with zero attached hydrogens (tertiary/aromatic N) is 1. The molecule has 18 heavy (non-hydrogen) atoms. The van der Waals surface area contributed by atoms with E-state index in [1.165, 1.54) is 0 Å². The lowest BCUT2D eigenvalue weighted by Gasteiger charge is -2.40. The van der Waals surface area contributed by atoms with Crippen molar-refractivity contribution in [3.63, 3.8) is 0 Å². The second-order valence-electron chi connectivity index (χ2n) is 5.28. The SMILES string of the molecule is C=C(C)[C@H]1CC[C@](C)(C#N)O[C@H]1c1ccccc1. The summed E-state index contributed by atoms with van der Waals surface area (Å²) in [4.78, 5) is 0. The smallest absolute Gasteiger partial charge is 0.152 e. The van der Waals surface area contributed by atoms with Gasteiger partial charge in [0.25, 0.3) is 0 Å². The summed E-state index contributed by atoms with van der Waals surface area (Å²) in [5, 5.41) is 9.24. The first-order chi connectivity index (χ1) is 8.56. The summed E-state index contributed by atoms with van der Waals surface area (Å²) in [6.45, 7) is 7.98. The average molecular weight is 241 g/mol. The maximum Gasteiger partial charge on any atom is 0.152 e. The summed E-state index contributed by atoms with van der Waals surface area (Å²) in [5.74, 6) is 0.300. The van der Waals surface area contributed by atoms with Crippen molar-refractivity contribution in [3.05, 3.63) is 48.0 Å². The van der Waals surface area contributed by atoms with Crippen LogP contribution < -0.4 is 0 Å². The summed E-state index contributed by atoms with van der Waals surface area (Å²) < 4.78 is 6.06. The molecule has 0 unspecified atom stereocenters. The maximum absolute atomic E-state index is 9.24. The van der Waals surface area contributed by atoms with Crippen molar-refractivity contribution in [2.24, 2.45) is 5.92 Å². The van der Waals surface area contributed by atoms with Gasteiger partial charge < -0.3 is 4.74 Å². The lowest BCUT2D eigenvalue weighted by atomic mass is 9.80. The quantitative estimate of drug-likeness (QED) is 0.733. The highest BCUT2D eigenvalue weighted by molar-refractivity contribution is 5.23. The van der Waals surface area contributed by atoms with E-state index in [-0.39, 0.29) is 6.10 Å². The Morgan fingerprint density at radius 1 is 1.44 bits per heavy atom. The molecule has 2 rings (SSSR count). The van der Waals surface area contributed by atoms with Crippen LogP contribution in [-0.2, 0) is 4.74 Å². The monoisotopic (exact) mass is 241 g/mol. The average Bonchev–Trinajstić information content (AvgIpc) is 2.39. The Hall–Kier alpha value is -1.59. The van der Waals surface area contributed by atoms with Gasteiger partial charge in [-0.2, -0.15) is 5.26 Å². The Kier molecular flexibility index (Phi) is 3.54. The van der Waals surface area contributed by atoms with Crippen molar-refractivity contribution < 1.29 is 4.74 Å². The Morgan fingerprint density at radius 2 is 2.11 bits per heavy atom. The van der Waals surface area contributed by atoms with Crippen LogP contribution in [0.1, 0.15) is 38.4 Å². The predicted molar refractivity (Wildman–Crippen MR) is 71.8 cm³/mol. The molecule has 1 aliphatic rings. The van der Waals surface area contributed by atoms with Gasteiger partial charge in [0.15, 0.2) is 5.60 Å². The van der Waals surface area contributed by atoms with E-state index in [1.54, 1.807) is 0 Å². The second kappa shape index (κ2) is 4.96. The highest BCUT2D eigenvalue weighted by Gasteiger charge is 2.39. The summed E-state index contributed by atoms with van der Waals surface area (Å²) in [6, 6.07) is 12.4. The van der Waals surface area contributed by atoms with Crippen LogP contribution in [0.4, 0.5) is 0 Å². The number of rotatable bonds is 2. The number of benzene rings is 1. The molecular formula is C16H19NO. The highest BCUT2D eigenvalue weighted by atomic mass is 16.5. The first kappa shape index (κ1) is 12.9. The van der Waals surface area contributed by atoms with Gasteiger partial charge in [0.1, 0.15) is 0 Å². The number of nitriles is 1. The molecule has 0 spiro atoms. The largest absolute Gasteiger partial charge is 0.352 e. The number of hydrogen-bond acceptors (Lipinski definition) is 2. The van der Waals surface area contributed by atoms with Crippen LogP contribution in [-0.4, -0.2) is 5.60 Å². The number of hydrogen-bond donors (Lipinski definition) is 0. The normalized spacial score (nSPS) is 31.6.